The molecule has 34 nitrogen and oxygen atoms in total. The number of benzene rings is 3. The Kier molecular flexibility index (Phi) is 35.5. The van der Waals surface area contributed by atoms with Crippen LogP contribution in [0.15, 0.2) is 150 Å². The highest BCUT2D eigenvalue weighted by Crippen LogP contribution is 2.45. The van der Waals surface area contributed by atoms with Crippen molar-refractivity contribution in [1.29, 1.82) is 0 Å². The van der Waals surface area contributed by atoms with E-state index in [1.165, 1.54) is 55.0 Å². The Morgan fingerprint density at radius 1 is 0.480 bits per heavy atom. The summed E-state index contributed by atoms with van der Waals surface area (Å²) in [5.74, 6) is -0.123. The monoisotopic (exact) mass is 2120 g/mol. The van der Waals surface area contributed by atoms with E-state index in [0.29, 0.717) is 138 Å². The Balaban J connectivity index is 0.000000165. The zero-order chi connectivity index (χ0) is 108. The molecule has 6 aromatic heterocycles. The van der Waals surface area contributed by atoms with Crippen LogP contribution in [0.3, 0.4) is 0 Å². The molecule has 802 valence electrons. The molecule has 7 N–H and O–H groups in total. The van der Waals surface area contributed by atoms with E-state index in [9.17, 15) is 70.4 Å². The van der Waals surface area contributed by atoms with Crippen LogP contribution in [0, 0.1) is 60.9 Å². The largest absolute Gasteiger partial charge is 0.494 e. The molecule has 7 aliphatic heterocycles. The number of sulfonamides is 2. The SMILES string of the molecule is CC(C)COc1cc(F)cc(-c2ccc(C(=O)NS(=O)(=O)N3CCC(F)C3)c(N3C[C@@H](C)CC3(C)C)n2)c1.CCCC(C)N1CCN(c2cccc(S(=O)(=O)NC(=O)c3cccnc3N3CC(C)CC3(C)C)n2)CC1.CCOc1cc(C)c(-c2ccc(C(=O)NS(=O)(=O)c3cccc(NC)n3)c(N3C[C@@H](C)CC3(C)C)n2)cc1C.C[C@@H]1CN(c2nc(-c3ccc(F)c(F)c3)ccc2C(=O)NS(=O)(=O)N2CC[C@H](N)C2)C(C)(C)C1. The van der Waals surface area contributed by atoms with Crippen LogP contribution in [0.1, 0.15) is 222 Å². The number of hydrogen-bond acceptors (Lipinski definition) is 28. The first-order valence-electron chi connectivity index (χ1n) is 50.5. The molecule has 16 rings (SSSR count). The van der Waals surface area contributed by atoms with Gasteiger partial charge in [-0.05, 0) is 284 Å². The van der Waals surface area contributed by atoms with Crippen molar-refractivity contribution < 1.29 is 79.9 Å². The normalized spacial score (nSPS) is 20.5. The van der Waals surface area contributed by atoms with Gasteiger partial charge in [0.25, 0.3) is 43.7 Å². The lowest BCUT2D eigenvalue weighted by molar-refractivity contribution is 0.0970. The van der Waals surface area contributed by atoms with Gasteiger partial charge >= 0.3 is 20.4 Å². The number of carbonyl (C=O) groups excluding carboxylic acids is 4. The van der Waals surface area contributed by atoms with Crippen molar-refractivity contribution in [1.82, 2.24) is 62.3 Å². The number of nitrogens with one attached hydrogen (secondary N) is 5. The molecule has 148 heavy (non-hydrogen) atoms. The number of halogens is 4. The van der Waals surface area contributed by atoms with Crippen LogP contribution in [0.5, 0.6) is 11.5 Å². The van der Waals surface area contributed by atoms with Gasteiger partial charge in [-0.1, -0.05) is 67.0 Å². The Labute approximate surface area is 868 Å². The average Bonchev–Trinajstić information content (AvgIpc) is 1.64. The zero-order valence-electron chi connectivity index (χ0n) is 88.2. The second kappa shape index (κ2) is 46.4. The average molecular weight is 2120 g/mol. The summed E-state index contributed by atoms with van der Waals surface area (Å²) in [6.07, 6.45) is 6.87. The number of anilines is 6. The first-order valence-corrected chi connectivity index (χ1v) is 56.4. The minimum Gasteiger partial charge on any atom is -0.494 e. The third kappa shape index (κ3) is 27.1. The van der Waals surface area contributed by atoms with Crippen LogP contribution in [-0.4, -0.2) is 240 Å². The fourth-order valence-corrected chi connectivity index (χ4v) is 25.2. The number of aromatic nitrogens is 6. The molecule has 9 aromatic rings. The molecular weight excluding hydrogens is 1980 g/mol. The Morgan fingerprint density at radius 2 is 0.953 bits per heavy atom. The predicted octanol–water partition coefficient (Wildman–Crippen LogP) is 15.7. The quantitative estimate of drug-likeness (QED) is 0.0237. The molecule has 42 heteroatoms. The third-order valence-corrected chi connectivity index (χ3v) is 33.2. The highest BCUT2D eigenvalue weighted by atomic mass is 32.2. The molecule has 7 fully saturated rings. The second-order valence-corrected chi connectivity index (χ2v) is 49.5. The minimum atomic E-state index is -4.23. The van der Waals surface area contributed by atoms with Gasteiger partial charge in [0, 0.05) is 149 Å². The summed E-state index contributed by atoms with van der Waals surface area (Å²) in [5, 5.41) is 2.40. The maximum absolute atomic E-state index is 14.5. The number of piperazine rings is 1. The van der Waals surface area contributed by atoms with E-state index in [4.69, 9.17) is 25.2 Å². The van der Waals surface area contributed by atoms with Crippen molar-refractivity contribution in [3.63, 3.8) is 0 Å². The summed E-state index contributed by atoms with van der Waals surface area (Å²) in [5.41, 5.74) is 10.4. The summed E-state index contributed by atoms with van der Waals surface area (Å²) in [6.45, 7) is 46.6. The molecule has 0 spiro atoms. The summed E-state index contributed by atoms with van der Waals surface area (Å²) < 4.78 is 181. The minimum absolute atomic E-state index is 0.00524. The van der Waals surface area contributed by atoms with Gasteiger partial charge in [0.15, 0.2) is 21.7 Å². The number of alkyl halides is 1. The van der Waals surface area contributed by atoms with Crippen LogP contribution in [0.2, 0.25) is 0 Å². The molecule has 0 aliphatic carbocycles. The number of aryl methyl sites for hydroxylation is 2. The van der Waals surface area contributed by atoms with E-state index < -0.39 is 87.7 Å². The molecule has 3 aromatic carbocycles. The smallest absolute Gasteiger partial charge is 0.304 e. The molecule has 4 amide bonds. The first kappa shape index (κ1) is 113. The Bertz CT molecular complexity index is 6850. The number of hydrogen-bond donors (Lipinski definition) is 6. The fourth-order valence-electron chi connectivity index (χ4n) is 20.9. The standard InChI is InChI=1S/C29H37N5O4S.C27H36F2N4O4S.C27H40N6O3S.C23H29F2N5O3S/c1-8-38-24-15-19(3)22(14-20(24)4)23-13-12-21(27(31-23)34-17-18(2)16-29(34,5)6)28(35)33-39(36,37)26-11-9-10-25(30-7)32-26;1-17(2)16-37-22-11-19(10-21(29)12-22)24-7-6-23(25(30-24)33-14-18(3)13-27(33,4)5)26(34)31-38(35,36)32-9-8-20(28)15-32;1-6-9-21(3)31-14-16-32(17-15-31)23-11-7-12-24(29-23)37(35,36)30-26(34)22-10-8-13-28-25(22)33-19-20(2)18-27(33,4)5;1-14-11-23(2,3)30(12-14)21-17(22(31)28-34(32,33)29-9-8-16(26)13-29)5-7-20(27-21)15-4-6-18(24)19(25)10-15/h9-15,18H,8,16-17H2,1-7H3,(H,30,32)(H,33,35);6-7,10-12,17-18,20H,8-9,13-16H2,1-5H3,(H,31,34);7-8,10-13,20-21H,6,9,14-19H2,1-5H3,(H,30,34);4-7,10,14,16H,8-9,11-13,26H2,1-3H3,(H,28,31)/t18-;18-,20?;;14-,16-/m00.0/s1. The number of rotatable bonds is 29. The van der Waals surface area contributed by atoms with E-state index in [2.05, 4.69) is 133 Å². The molecule has 3 unspecified atom stereocenters. The van der Waals surface area contributed by atoms with Gasteiger partial charge in [0.05, 0.1) is 52.5 Å². The number of ether oxygens (including phenoxy) is 2. The highest BCUT2D eigenvalue weighted by molar-refractivity contribution is 7.90. The number of carbonyl (C=O) groups is 4. The van der Waals surface area contributed by atoms with E-state index >= 15 is 0 Å². The lowest BCUT2D eigenvalue weighted by Crippen LogP contribution is -2.49. The van der Waals surface area contributed by atoms with Crippen LogP contribution in [0.25, 0.3) is 33.8 Å². The maximum atomic E-state index is 14.5. The molecule has 7 atom stereocenters. The lowest BCUT2D eigenvalue weighted by atomic mass is 9.97. The number of pyridine rings is 6. The van der Waals surface area contributed by atoms with Crippen LogP contribution >= 0.6 is 0 Å². The van der Waals surface area contributed by atoms with Gasteiger partial charge < -0.3 is 45.0 Å². The topological polar surface area (TPSA) is 413 Å². The highest BCUT2D eigenvalue weighted by Gasteiger charge is 2.46. The fraction of sp³-hybridized carbons (Fsp3) is 0.509. The number of nitrogens with two attached hydrogens (primary N) is 1. The van der Waals surface area contributed by atoms with Gasteiger partial charge in [-0.15, -0.1) is 0 Å². The van der Waals surface area contributed by atoms with Crippen molar-refractivity contribution in [2.75, 3.05) is 129 Å². The van der Waals surface area contributed by atoms with Crippen molar-refractivity contribution in [2.45, 2.75) is 233 Å². The Hall–Kier alpha value is -11.8. The molecule has 0 saturated carbocycles. The maximum Gasteiger partial charge on any atom is 0.304 e. The van der Waals surface area contributed by atoms with Crippen molar-refractivity contribution in [3.8, 4) is 45.3 Å². The zero-order valence-corrected chi connectivity index (χ0v) is 91.4. The molecule has 0 bridgehead atoms. The van der Waals surface area contributed by atoms with Crippen molar-refractivity contribution in [3.05, 3.63) is 190 Å². The summed E-state index contributed by atoms with van der Waals surface area (Å²) in [4.78, 5) is 93.4. The van der Waals surface area contributed by atoms with Crippen LogP contribution in [0.4, 0.5) is 52.5 Å². The van der Waals surface area contributed by atoms with Crippen molar-refractivity contribution in [2.24, 2.45) is 35.3 Å². The third-order valence-electron chi connectivity index (χ3n) is 27.8. The summed E-state index contributed by atoms with van der Waals surface area (Å²) >= 11 is 0. The molecular formula is C106H142F4N20O14S4. The molecule has 7 saturated heterocycles. The van der Waals surface area contributed by atoms with Crippen LogP contribution < -0.4 is 63.9 Å². The van der Waals surface area contributed by atoms with E-state index in [-0.39, 0.29) is 99.0 Å². The van der Waals surface area contributed by atoms with Gasteiger partial charge in [0.1, 0.15) is 58.4 Å². The number of nitrogens with zero attached hydrogens (tertiary/aromatic N) is 14. The number of amides is 4. The van der Waals surface area contributed by atoms with E-state index in [1.54, 1.807) is 67.8 Å². The Morgan fingerprint density at radius 3 is 1.42 bits per heavy atom. The van der Waals surface area contributed by atoms with Gasteiger partial charge in [-0.3, -0.25) is 24.1 Å². The summed E-state index contributed by atoms with van der Waals surface area (Å²) in [7, 11) is -15.1. The second-order valence-electron chi connectivity index (χ2n) is 42.9. The molecule has 7 aliphatic rings. The molecule has 0 radical (unpaired) electrons. The van der Waals surface area contributed by atoms with E-state index in [0.717, 1.165) is 108 Å². The van der Waals surface area contributed by atoms with Crippen molar-refractivity contribution >= 4 is 99.0 Å². The summed E-state index contributed by atoms with van der Waals surface area (Å²) in [6, 6.07) is 34.3. The predicted molar refractivity (Wildman–Crippen MR) is 568 cm³/mol. The van der Waals surface area contributed by atoms with Crippen LogP contribution in [-0.2, 0) is 40.5 Å². The van der Waals surface area contributed by atoms with Gasteiger partial charge in [-0.25, -0.2) is 66.4 Å². The van der Waals surface area contributed by atoms with Gasteiger partial charge in [-0.2, -0.15) is 42.3 Å². The van der Waals surface area contributed by atoms with Gasteiger partial charge in [0.2, 0.25) is 0 Å². The molecule has 13 heterocycles. The first-order chi connectivity index (χ1) is 69.5. The van der Waals surface area contributed by atoms with E-state index in [1.807, 2.05) is 90.3 Å². The lowest BCUT2D eigenvalue weighted by Gasteiger charge is -2.38.